The van der Waals surface area contributed by atoms with Crippen LogP contribution in [0.5, 0.6) is 0 Å². The van der Waals surface area contributed by atoms with Crippen LogP contribution >= 0.6 is 11.6 Å². The molecule has 3 nitrogen and oxygen atoms in total. The predicted molar refractivity (Wildman–Crippen MR) is 73.0 cm³/mol. The average Bonchev–Trinajstić information content (AvgIpc) is 2.87. The summed E-state index contributed by atoms with van der Waals surface area (Å²) in [7, 11) is 0. The first-order valence-corrected chi connectivity index (χ1v) is 6.76. The minimum absolute atomic E-state index is 0.352. The van der Waals surface area contributed by atoms with Gasteiger partial charge in [-0.1, -0.05) is 23.7 Å². The molecule has 0 bridgehead atoms. The number of hydrogen-bond donors (Lipinski definition) is 1. The van der Waals surface area contributed by atoms with E-state index in [0.29, 0.717) is 24.4 Å². The summed E-state index contributed by atoms with van der Waals surface area (Å²) in [5.74, 6) is -0.376. The van der Waals surface area contributed by atoms with E-state index in [2.05, 4.69) is 4.98 Å². The third-order valence-electron chi connectivity index (χ3n) is 3.08. The monoisotopic (exact) mass is 318 g/mol. The fourth-order valence-electron chi connectivity index (χ4n) is 2.01. The summed E-state index contributed by atoms with van der Waals surface area (Å²) in [6.07, 6.45) is -3.23. The maximum atomic E-state index is 12.5. The van der Waals surface area contributed by atoms with Crippen LogP contribution in [0.3, 0.4) is 0 Å². The Morgan fingerprint density at radius 1 is 1.24 bits per heavy atom. The molecule has 2 rings (SSSR count). The van der Waals surface area contributed by atoms with Gasteiger partial charge in [0.05, 0.1) is 0 Å². The fourth-order valence-corrected chi connectivity index (χ4v) is 2.13. The van der Waals surface area contributed by atoms with E-state index in [0.717, 1.165) is 5.56 Å². The van der Waals surface area contributed by atoms with Crippen molar-refractivity contribution in [2.24, 2.45) is 0 Å². The second-order valence-corrected chi connectivity index (χ2v) is 5.09. The van der Waals surface area contributed by atoms with Gasteiger partial charge in [-0.3, -0.25) is 0 Å². The SMILES string of the molecule is OC(c1nccn1CCCc1ccc(Cl)cc1)C(F)(F)F. The highest BCUT2D eigenvalue weighted by atomic mass is 35.5. The first kappa shape index (κ1) is 15.9. The summed E-state index contributed by atoms with van der Waals surface area (Å²) < 4.78 is 38.8. The van der Waals surface area contributed by atoms with Crippen molar-refractivity contribution < 1.29 is 18.3 Å². The van der Waals surface area contributed by atoms with E-state index in [4.69, 9.17) is 11.6 Å². The zero-order valence-electron chi connectivity index (χ0n) is 11.0. The molecule has 1 unspecified atom stereocenters. The molecular formula is C14H14ClF3N2O. The van der Waals surface area contributed by atoms with Crippen LogP contribution in [-0.2, 0) is 13.0 Å². The molecule has 1 aromatic heterocycles. The van der Waals surface area contributed by atoms with Crippen molar-refractivity contribution in [2.45, 2.75) is 31.7 Å². The van der Waals surface area contributed by atoms with Crippen molar-refractivity contribution in [2.75, 3.05) is 0 Å². The van der Waals surface area contributed by atoms with Crippen molar-refractivity contribution in [3.63, 3.8) is 0 Å². The van der Waals surface area contributed by atoms with Crippen LogP contribution in [0.4, 0.5) is 13.2 Å². The van der Waals surface area contributed by atoms with Crippen molar-refractivity contribution in [1.82, 2.24) is 9.55 Å². The molecule has 0 radical (unpaired) electrons. The molecule has 1 atom stereocenters. The number of rotatable bonds is 5. The Morgan fingerprint density at radius 3 is 2.52 bits per heavy atom. The first-order chi connectivity index (χ1) is 9.88. The maximum absolute atomic E-state index is 12.5. The van der Waals surface area contributed by atoms with E-state index < -0.39 is 12.3 Å². The molecule has 0 aliphatic rings. The maximum Gasteiger partial charge on any atom is 0.421 e. The highest BCUT2D eigenvalue weighted by Gasteiger charge is 2.41. The van der Waals surface area contributed by atoms with Gasteiger partial charge in [-0.15, -0.1) is 0 Å². The van der Waals surface area contributed by atoms with Gasteiger partial charge in [-0.2, -0.15) is 13.2 Å². The number of nitrogens with zero attached hydrogens (tertiary/aromatic N) is 2. The van der Waals surface area contributed by atoms with E-state index in [1.807, 2.05) is 12.1 Å². The number of aliphatic hydroxyl groups is 1. The Hall–Kier alpha value is -1.53. The van der Waals surface area contributed by atoms with Gasteiger partial charge >= 0.3 is 6.18 Å². The van der Waals surface area contributed by atoms with Crippen molar-refractivity contribution in [3.8, 4) is 0 Å². The highest BCUT2D eigenvalue weighted by Crippen LogP contribution is 2.31. The van der Waals surface area contributed by atoms with Crippen molar-refractivity contribution in [1.29, 1.82) is 0 Å². The Bertz CT molecular complexity index is 581. The lowest BCUT2D eigenvalue weighted by Crippen LogP contribution is -2.24. The Morgan fingerprint density at radius 2 is 1.90 bits per heavy atom. The lowest BCUT2D eigenvalue weighted by atomic mass is 10.1. The summed E-state index contributed by atoms with van der Waals surface area (Å²) in [6, 6.07) is 7.29. The molecule has 7 heteroatoms. The third kappa shape index (κ3) is 4.22. The number of alkyl halides is 3. The Balaban J connectivity index is 1.95. The van der Waals surface area contributed by atoms with E-state index in [1.165, 1.54) is 17.0 Å². The number of benzene rings is 1. The number of imidazole rings is 1. The van der Waals surface area contributed by atoms with Gasteiger partial charge in [0, 0.05) is 24.0 Å². The second-order valence-electron chi connectivity index (χ2n) is 4.65. The molecule has 0 saturated carbocycles. The predicted octanol–water partition coefficient (Wildman–Crippen LogP) is 3.77. The van der Waals surface area contributed by atoms with Gasteiger partial charge in [0.1, 0.15) is 5.82 Å². The molecule has 2 aromatic rings. The van der Waals surface area contributed by atoms with E-state index in [1.54, 1.807) is 12.1 Å². The van der Waals surface area contributed by atoms with Crippen molar-refractivity contribution >= 4 is 11.6 Å². The zero-order valence-corrected chi connectivity index (χ0v) is 11.8. The smallest absolute Gasteiger partial charge is 0.377 e. The van der Waals surface area contributed by atoms with Crippen molar-refractivity contribution in [3.05, 3.63) is 53.1 Å². The van der Waals surface area contributed by atoms with Crippen LogP contribution in [0.25, 0.3) is 0 Å². The molecule has 1 N–H and O–H groups in total. The number of hydrogen-bond acceptors (Lipinski definition) is 2. The molecule has 0 aliphatic heterocycles. The number of aliphatic hydroxyl groups excluding tert-OH is 1. The van der Waals surface area contributed by atoms with E-state index in [-0.39, 0.29) is 5.82 Å². The molecule has 1 aromatic carbocycles. The van der Waals surface area contributed by atoms with Gasteiger partial charge in [-0.25, -0.2) is 4.98 Å². The normalized spacial score (nSPS) is 13.4. The lowest BCUT2D eigenvalue weighted by molar-refractivity contribution is -0.209. The summed E-state index contributed by atoms with van der Waals surface area (Å²) in [4.78, 5) is 3.60. The second kappa shape index (κ2) is 6.49. The molecule has 0 saturated heterocycles. The molecule has 1 heterocycles. The van der Waals surface area contributed by atoms with Crippen LogP contribution in [0, 0.1) is 0 Å². The van der Waals surface area contributed by atoms with E-state index >= 15 is 0 Å². The molecule has 0 amide bonds. The summed E-state index contributed by atoms with van der Waals surface area (Å²) >= 11 is 5.78. The number of aromatic nitrogens is 2. The quantitative estimate of drug-likeness (QED) is 0.911. The first-order valence-electron chi connectivity index (χ1n) is 6.38. The summed E-state index contributed by atoms with van der Waals surface area (Å²) in [6.45, 7) is 0.352. The molecule has 0 aliphatic carbocycles. The van der Waals surface area contributed by atoms with Gasteiger partial charge in [0.15, 0.2) is 0 Å². The molecule has 21 heavy (non-hydrogen) atoms. The van der Waals surface area contributed by atoms with Crippen LogP contribution in [-0.4, -0.2) is 20.8 Å². The summed E-state index contributed by atoms with van der Waals surface area (Å²) in [5.41, 5.74) is 1.05. The highest BCUT2D eigenvalue weighted by molar-refractivity contribution is 6.30. The minimum atomic E-state index is -4.71. The number of aryl methyl sites for hydroxylation is 2. The van der Waals surface area contributed by atoms with Gasteiger partial charge in [0.2, 0.25) is 6.10 Å². The molecular weight excluding hydrogens is 305 g/mol. The zero-order chi connectivity index (χ0) is 15.5. The minimum Gasteiger partial charge on any atom is -0.377 e. The van der Waals surface area contributed by atoms with E-state index in [9.17, 15) is 18.3 Å². The summed E-state index contributed by atoms with van der Waals surface area (Å²) in [5, 5.41) is 9.89. The van der Waals surface area contributed by atoms with Crippen LogP contribution in [0.1, 0.15) is 23.9 Å². The average molecular weight is 319 g/mol. The fraction of sp³-hybridized carbons (Fsp3) is 0.357. The van der Waals surface area contributed by atoms with Crippen LogP contribution in [0.15, 0.2) is 36.7 Å². The Kier molecular flexibility index (Phi) is 4.90. The Labute approximate surface area is 125 Å². The lowest BCUT2D eigenvalue weighted by Gasteiger charge is -2.16. The molecule has 0 fully saturated rings. The van der Waals surface area contributed by atoms with Gasteiger partial charge < -0.3 is 9.67 Å². The molecule has 114 valence electrons. The number of halogens is 4. The topological polar surface area (TPSA) is 38.1 Å². The molecule has 0 spiro atoms. The van der Waals surface area contributed by atoms with Crippen LogP contribution < -0.4 is 0 Å². The van der Waals surface area contributed by atoms with Gasteiger partial charge in [0.25, 0.3) is 0 Å². The van der Waals surface area contributed by atoms with Crippen LogP contribution in [0.2, 0.25) is 5.02 Å². The standard InChI is InChI=1S/C14H14ClF3N2O/c15-11-5-3-10(4-6-11)2-1-8-20-9-7-19-13(20)12(21)14(16,17)18/h3-7,9,12,21H,1-2,8H2. The third-order valence-corrected chi connectivity index (χ3v) is 3.33. The van der Waals surface area contributed by atoms with Gasteiger partial charge in [-0.05, 0) is 30.5 Å². The largest absolute Gasteiger partial charge is 0.421 e.